The molecule has 6 heteroatoms. The number of rotatable bonds is 1. The van der Waals surface area contributed by atoms with E-state index in [-0.39, 0.29) is 11.6 Å². The molecule has 0 amide bonds. The second-order valence-electron chi connectivity index (χ2n) is 5.12. The molecule has 2 heterocycles. The van der Waals surface area contributed by atoms with Crippen LogP contribution in [0.2, 0.25) is 5.02 Å². The van der Waals surface area contributed by atoms with Crippen LogP contribution in [0.15, 0.2) is 17.1 Å². The third-order valence-corrected chi connectivity index (χ3v) is 4.24. The van der Waals surface area contributed by atoms with Gasteiger partial charge in [-0.25, -0.2) is 4.79 Å². The van der Waals surface area contributed by atoms with Crippen molar-refractivity contribution in [3.63, 3.8) is 0 Å². The zero-order chi connectivity index (χ0) is 14.6. The summed E-state index contributed by atoms with van der Waals surface area (Å²) in [6.45, 7) is 1.99. The van der Waals surface area contributed by atoms with Gasteiger partial charge >= 0.3 is 5.97 Å². The monoisotopic (exact) mass is 292 g/mol. The van der Waals surface area contributed by atoms with Gasteiger partial charge in [0.2, 0.25) is 5.43 Å². The van der Waals surface area contributed by atoms with Crippen molar-refractivity contribution >= 4 is 34.2 Å². The maximum absolute atomic E-state index is 12.3. The summed E-state index contributed by atoms with van der Waals surface area (Å²) in [6.07, 6.45) is 2.97. The second-order valence-corrected chi connectivity index (χ2v) is 5.53. The fourth-order valence-electron chi connectivity index (χ4n) is 2.83. The number of nitrogens with two attached hydrogens (primary N) is 1. The molecule has 104 valence electrons. The maximum atomic E-state index is 12.3. The number of pyridine rings is 1. The van der Waals surface area contributed by atoms with E-state index in [1.807, 2.05) is 11.5 Å². The molecule has 1 aliphatic heterocycles. The van der Waals surface area contributed by atoms with Crippen LogP contribution >= 0.6 is 11.6 Å². The standard InChI is InChI=1S/C14H13ClN2O3/c1-6-2-3-7-11(16)10(15)4-8-12(7)17(6)5-9(13(8)18)14(19)20/h4-6H,2-3,16H2,1H3,(H,19,20). The van der Waals surface area contributed by atoms with E-state index in [1.54, 1.807) is 0 Å². The number of carbonyl (C=O) groups is 1. The minimum atomic E-state index is -1.23. The molecule has 0 saturated heterocycles. The number of nitrogens with zero attached hydrogens (tertiary/aromatic N) is 1. The predicted octanol–water partition coefficient (Wildman–Crippen LogP) is 2.44. The highest BCUT2D eigenvalue weighted by molar-refractivity contribution is 6.34. The van der Waals surface area contributed by atoms with E-state index >= 15 is 0 Å². The summed E-state index contributed by atoms with van der Waals surface area (Å²) in [5.41, 5.74) is 7.26. The highest BCUT2D eigenvalue weighted by Gasteiger charge is 2.25. The zero-order valence-electron chi connectivity index (χ0n) is 10.8. The van der Waals surface area contributed by atoms with E-state index in [0.29, 0.717) is 21.6 Å². The van der Waals surface area contributed by atoms with Crippen LogP contribution in [0.1, 0.15) is 35.3 Å². The fraction of sp³-hybridized carbons (Fsp3) is 0.286. The van der Waals surface area contributed by atoms with Gasteiger partial charge in [-0.1, -0.05) is 11.6 Å². The first-order valence-corrected chi connectivity index (χ1v) is 6.68. The van der Waals surface area contributed by atoms with Crippen LogP contribution in [0.3, 0.4) is 0 Å². The lowest BCUT2D eigenvalue weighted by atomic mass is 9.94. The Bertz CT molecular complexity index is 810. The first kappa shape index (κ1) is 13.0. The molecule has 1 aromatic carbocycles. The summed E-state index contributed by atoms with van der Waals surface area (Å²) in [7, 11) is 0. The summed E-state index contributed by atoms with van der Waals surface area (Å²) in [5.74, 6) is -1.23. The van der Waals surface area contributed by atoms with E-state index in [4.69, 9.17) is 17.3 Å². The van der Waals surface area contributed by atoms with Gasteiger partial charge < -0.3 is 15.4 Å². The van der Waals surface area contributed by atoms with Gasteiger partial charge in [0.1, 0.15) is 5.56 Å². The van der Waals surface area contributed by atoms with E-state index in [1.165, 1.54) is 12.3 Å². The van der Waals surface area contributed by atoms with Crippen molar-refractivity contribution in [2.24, 2.45) is 0 Å². The highest BCUT2D eigenvalue weighted by Crippen LogP contribution is 2.36. The van der Waals surface area contributed by atoms with Crippen LogP contribution < -0.4 is 11.2 Å². The number of carboxylic acid groups (broad SMARTS) is 1. The number of aromatic nitrogens is 1. The maximum Gasteiger partial charge on any atom is 0.341 e. The number of benzene rings is 1. The Kier molecular flexibility index (Phi) is 2.76. The molecular weight excluding hydrogens is 280 g/mol. The molecule has 1 aliphatic rings. The van der Waals surface area contributed by atoms with Crippen molar-refractivity contribution in [3.8, 4) is 0 Å². The number of halogens is 1. The summed E-state index contributed by atoms with van der Waals surface area (Å²) in [5, 5.41) is 9.80. The third-order valence-electron chi connectivity index (χ3n) is 3.93. The smallest absolute Gasteiger partial charge is 0.341 e. The predicted molar refractivity (Wildman–Crippen MR) is 77.6 cm³/mol. The number of aromatic carboxylic acids is 1. The highest BCUT2D eigenvalue weighted by atomic mass is 35.5. The minimum Gasteiger partial charge on any atom is -0.477 e. The molecule has 20 heavy (non-hydrogen) atoms. The molecule has 0 bridgehead atoms. The summed E-state index contributed by atoms with van der Waals surface area (Å²) in [6, 6.07) is 1.59. The number of hydrogen-bond donors (Lipinski definition) is 2. The molecule has 1 aromatic heterocycles. The number of nitrogen functional groups attached to an aromatic ring is 1. The van der Waals surface area contributed by atoms with E-state index in [0.717, 1.165) is 18.4 Å². The first-order chi connectivity index (χ1) is 9.41. The molecule has 1 atom stereocenters. The molecule has 0 radical (unpaired) electrons. The molecular formula is C14H13ClN2O3. The average molecular weight is 293 g/mol. The Balaban J connectivity index is 2.57. The third kappa shape index (κ3) is 1.63. The lowest BCUT2D eigenvalue weighted by molar-refractivity contribution is 0.0694. The van der Waals surface area contributed by atoms with Gasteiger partial charge in [-0.2, -0.15) is 0 Å². The molecule has 0 saturated carbocycles. The van der Waals surface area contributed by atoms with E-state index in [9.17, 15) is 14.7 Å². The Hall–Kier alpha value is -2.01. The van der Waals surface area contributed by atoms with Gasteiger partial charge in [0.25, 0.3) is 0 Å². The summed E-state index contributed by atoms with van der Waals surface area (Å²) >= 11 is 6.07. The van der Waals surface area contributed by atoms with Gasteiger partial charge in [-0.05, 0) is 25.8 Å². The second kappa shape index (κ2) is 4.24. The van der Waals surface area contributed by atoms with Crippen molar-refractivity contribution in [1.82, 2.24) is 4.57 Å². The molecule has 5 nitrogen and oxygen atoms in total. The Morgan fingerprint density at radius 3 is 2.90 bits per heavy atom. The molecule has 1 unspecified atom stereocenters. The molecule has 0 fully saturated rings. The van der Waals surface area contributed by atoms with Gasteiger partial charge in [-0.15, -0.1) is 0 Å². The number of anilines is 1. The van der Waals surface area contributed by atoms with Crippen LogP contribution in [0, 0.1) is 0 Å². The Morgan fingerprint density at radius 1 is 1.55 bits per heavy atom. The van der Waals surface area contributed by atoms with Gasteiger partial charge in [0, 0.05) is 23.2 Å². The zero-order valence-corrected chi connectivity index (χ0v) is 11.6. The van der Waals surface area contributed by atoms with Crippen molar-refractivity contribution in [1.29, 1.82) is 0 Å². The molecule has 3 N–H and O–H groups in total. The number of carboxylic acids is 1. The lowest BCUT2D eigenvalue weighted by Crippen LogP contribution is -2.24. The van der Waals surface area contributed by atoms with Gasteiger partial charge in [0.05, 0.1) is 16.2 Å². The van der Waals surface area contributed by atoms with Crippen LogP contribution in [-0.2, 0) is 6.42 Å². The normalized spacial score (nSPS) is 17.4. The van der Waals surface area contributed by atoms with Crippen molar-refractivity contribution in [3.05, 3.63) is 38.6 Å². The van der Waals surface area contributed by atoms with Crippen LogP contribution in [0.5, 0.6) is 0 Å². The van der Waals surface area contributed by atoms with Crippen LogP contribution in [-0.4, -0.2) is 15.6 Å². The van der Waals surface area contributed by atoms with E-state index < -0.39 is 11.4 Å². The van der Waals surface area contributed by atoms with Crippen LogP contribution in [0.4, 0.5) is 5.69 Å². The van der Waals surface area contributed by atoms with Crippen molar-refractivity contribution < 1.29 is 9.90 Å². The molecule has 2 aromatic rings. The summed E-state index contributed by atoms with van der Waals surface area (Å²) in [4.78, 5) is 23.5. The molecule has 0 spiro atoms. The van der Waals surface area contributed by atoms with Crippen LogP contribution in [0.25, 0.3) is 10.9 Å². The SMILES string of the molecule is CC1CCc2c(N)c(Cl)cc3c(=O)c(C(=O)O)cn1c23. The van der Waals surface area contributed by atoms with E-state index in [2.05, 4.69) is 0 Å². The van der Waals surface area contributed by atoms with Gasteiger partial charge in [-0.3, -0.25) is 4.79 Å². The summed E-state index contributed by atoms with van der Waals surface area (Å²) < 4.78 is 1.83. The van der Waals surface area contributed by atoms with Crippen molar-refractivity contribution in [2.75, 3.05) is 5.73 Å². The van der Waals surface area contributed by atoms with Crippen molar-refractivity contribution in [2.45, 2.75) is 25.8 Å². The topological polar surface area (TPSA) is 85.3 Å². The Morgan fingerprint density at radius 2 is 2.25 bits per heavy atom. The Labute approximate surface area is 119 Å². The first-order valence-electron chi connectivity index (χ1n) is 6.30. The number of hydrogen-bond acceptors (Lipinski definition) is 3. The lowest BCUT2D eigenvalue weighted by Gasteiger charge is -2.27. The number of aryl methyl sites for hydroxylation is 1. The quantitative estimate of drug-likeness (QED) is 0.791. The van der Waals surface area contributed by atoms with Gasteiger partial charge in [0.15, 0.2) is 0 Å². The largest absolute Gasteiger partial charge is 0.477 e. The molecule has 0 aliphatic carbocycles. The molecule has 3 rings (SSSR count). The fourth-order valence-corrected chi connectivity index (χ4v) is 3.05. The minimum absolute atomic E-state index is 0.115. The average Bonchev–Trinajstić information content (AvgIpc) is 2.39.